The van der Waals surface area contributed by atoms with Crippen molar-refractivity contribution in [2.24, 2.45) is 0 Å². The molecule has 0 saturated carbocycles. The van der Waals surface area contributed by atoms with E-state index in [4.69, 9.17) is 42.1 Å². The summed E-state index contributed by atoms with van der Waals surface area (Å²) in [5, 5.41) is 0.238. The summed E-state index contributed by atoms with van der Waals surface area (Å²) >= 11 is 12.3. The molecule has 0 aliphatic carbocycles. The van der Waals surface area contributed by atoms with Gasteiger partial charge in [0, 0.05) is 27.3 Å². The lowest BCUT2D eigenvalue weighted by molar-refractivity contribution is -0.134. The number of esters is 1. The monoisotopic (exact) mass is 407 g/mol. The maximum Gasteiger partial charge on any atom is 0.338 e. The van der Waals surface area contributed by atoms with E-state index in [9.17, 15) is 9.59 Å². The quantitative estimate of drug-likeness (QED) is 0.525. The number of hydrogen-bond acceptors (Lipinski definition) is 6. The largest absolute Gasteiger partial charge is 0.481 e. The zero-order valence-electron chi connectivity index (χ0n) is 15.0. The SMILES string of the molecule is CCOC(=O)c1cc(Cl)c(OCC(=O)N(CCOC)CCOC)c(Cl)c1. The van der Waals surface area contributed by atoms with Crippen LogP contribution >= 0.6 is 23.2 Å². The molecule has 1 amide bonds. The summed E-state index contributed by atoms with van der Waals surface area (Å²) in [6.45, 7) is 3.28. The Bertz CT molecular complexity index is 580. The summed E-state index contributed by atoms with van der Waals surface area (Å²) in [5.74, 6) is -0.668. The van der Waals surface area contributed by atoms with Crippen LogP contribution in [0.5, 0.6) is 5.75 Å². The first-order valence-electron chi connectivity index (χ1n) is 7.99. The van der Waals surface area contributed by atoms with E-state index < -0.39 is 5.97 Å². The minimum atomic E-state index is -0.538. The molecular formula is C17H23Cl2NO6. The summed E-state index contributed by atoms with van der Waals surface area (Å²) in [6.07, 6.45) is 0. The van der Waals surface area contributed by atoms with E-state index in [2.05, 4.69) is 0 Å². The van der Waals surface area contributed by atoms with Gasteiger partial charge in [0.25, 0.3) is 5.91 Å². The number of amides is 1. The Labute approximate surface area is 163 Å². The third-order valence-corrected chi connectivity index (χ3v) is 3.89. The normalized spacial score (nSPS) is 10.5. The second-order valence-corrected chi connectivity index (χ2v) is 5.96. The molecular weight excluding hydrogens is 385 g/mol. The molecule has 0 heterocycles. The van der Waals surface area contributed by atoms with Gasteiger partial charge in [0.1, 0.15) is 0 Å². The molecule has 1 aromatic rings. The second-order valence-electron chi connectivity index (χ2n) is 5.14. The number of methoxy groups -OCH3 is 2. The minimum Gasteiger partial charge on any atom is -0.481 e. The highest BCUT2D eigenvalue weighted by Crippen LogP contribution is 2.34. The van der Waals surface area contributed by atoms with Gasteiger partial charge in [0.2, 0.25) is 0 Å². The predicted octanol–water partition coefficient (Wildman–Crippen LogP) is 2.67. The van der Waals surface area contributed by atoms with Gasteiger partial charge >= 0.3 is 5.97 Å². The number of benzene rings is 1. The average molecular weight is 408 g/mol. The zero-order chi connectivity index (χ0) is 19.5. The molecule has 0 aliphatic rings. The van der Waals surface area contributed by atoms with E-state index in [0.29, 0.717) is 26.3 Å². The highest BCUT2D eigenvalue weighted by Gasteiger charge is 2.18. The number of halogens is 2. The number of hydrogen-bond donors (Lipinski definition) is 0. The number of nitrogens with zero attached hydrogens (tertiary/aromatic N) is 1. The Hall–Kier alpha value is -1.54. The van der Waals surface area contributed by atoms with Crippen LogP contribution in [-0.4, -0.2) is 70.5 Å². The van der Waals surface area contributed by atoms with Crippen LogP contribution in [0.2, 0.25) is 10.0 Å². The van der Waals surface area contributed by atoms with Crippen molar-refractivity contribution in [2.75, 3.05) is 53.7 Å². The lowest BCUT2D eigenvalue weighted by Crippen LogP contribution is -2.39. The van der Waals surface area contributed by atoms with Gasteiger partial charge in [-0.2, -0.15) is 0 Å². The fourth-order valence-electron chi connectivity index (χ4n) is 2.02. The Balaban J connectivity index is 2.78. The molecule has 7 nitrogen and oxygen atoms in total. The molecule has 0 unspecified atom stereocenters. The summed E-state index contributed by atoms with van der Waals surface area (Å²) in [5.41, 5.74) is 0.211. The first-order chi connectivity index (χ1) is 12.4. The van der Waals surface area contributed by atoms with Crippen molar-refractivity contribution < 1.29 is 28.5 Å². The number of ether oxygens (including phenoxy) is 4. The van der Waals surface area contributed by atoms with Crippen LogP contribution in [0.25, 0.3) is 0 Å². The van der Waals surface area contributed by atoms with Crippen molar-refractivity contribution in [3.8, 4) is 5.75 Å². The van der Waals surface area contributed by atoms with E-state index >= 15 is 0 Å². The lowest BCUT2D eigenvalue weighted by atomic mass is 10.2. The third-order valence-electron chi connectivity index (χ3n) is 3.33. The maximum atomic E-state index is 12.3. The molecule has 0 radical (unpaired) electrons. The first kappa shape index (κ1) is 22.5. The third kappa shape index (κ3) is 6.99. The van der Waals surface area contributed by atoms with Crippen molar-refractivity contribution in [1.82, 2.24) is 4.90 Å². The van der Waals surface area contributed by atoms with Crippen LogP contribution in [0.1, 0.15) is 17.3 Å². The van der Waals surface area contributed by atoms with Crippen molar-refractivity contribution in [3.63, 3.8) is 0 Å². The fourth-order valence-corrected chi connectivity index (χ4v) is 2.62. The molecule has 0 aliphatic heterocycles. The summed E-state index contributed by atoms with van der Waals surface area (Å²) in [4.78, 5) is 25.6. The van der Waals surface area contributed by atoms with Crippen molar-refractivity contribution >= 4 is 35.1 Å². The van der Waals surface area contributed by atoms with E-state index in [1.54, 1.807) is 26.0 Å². The first-order valence-corrected chi connectivity index (χ1v) is 8.74. The van der Waals surface area contributed by atoms with Gasteiger partial charge in [-0.25, -0.2) is 4.79 Å². The standard InChI is InChI=1S/C17H23Cl2NO6/c1-4-25-17(22)12-9-13(18)16(14(19)10-12)26-11-15(21)20(5-7-23-2)6-8-24-3/h9-10H,4-8,11H2,1-3H3. The van der Waals surface area contributed by atoms with Gasteiger partial charge in [-0.15, -0.1) is 0 Å². The Morgan fingerprint density at radius 2 is 1.58 bits per heavy atom. The molecule has 26 heavy (non-hydrogen) atoms. The van der Waals surface area contributed by atoms with Gasteiger partial charge in [-0.3, -0.25) is 4.79 Å². The Kier molecular flexibility index (Phi) is 10.3. The van der Waals surface area contributed by atoms with E-state index in [0.717, 1.165) is 0 Å². The Morgan fingerprint density at radius 1 is 1.04 bits per heavy atom. The molecule has 0 fully saturated rings. The maximum absolute atomic E-state index is 12.3. The molecule has 0 bridgehead atoms. The molecule has 0 saturated heterocycles. The summed E-state index contributed by atoms with van der Waals surface area (Å²) in [6, 6.07) is 2.78. The number of rotatable bonds is 11. The summed E-state index contributed by atoms with van der Waals surface area (Å²) < 4.78 is 20.4. The van der Waals surface area contributed by atoms with E-state index in [1.807, 2.05) is 0 Å². The summed E-state index contributed by atoms with van der Waals surface area (Å²) in [7, 11) is 3.11. The molecule has 146 valence electrons. The predicted molar refractivity (Wildman–Crippen MR) is 98.2 cm³/mol. The minimum absolute atomic E-state index is 0.119. The van der Waals surface area contributed by atoms with Crippen LogP contribution in [0.15, 0.2) is 12.1 Å². The molecule has 9 heteroatoms. The second kappa shape index (κ2) is 12.0. The van der Waals surface area contributed by atoms with Gasteiger partial charge in [0.05, 0.1) is 35.4 Å². The fraction of sp³-hybridized carbons (Fsp3) is 0.529. The lowest BCUT2D eigenvalue weighted by Gasteiger charge is -2.22. The average Bonchev–Trinajstić information content (AvgIpc) is 2.61. The van der Waals surface area contributed by atoms with Gasteiger partial charge in [-0.1, -0.05) is 23.2 Å². The van der Waals surface area contributed by atoms with Crippen molar-refractivity contribution in [1.29, 1.82) is 0 Å². The molecule has 1 aromatic carbocycles. The van der Waals surface area contributed by atoms with Crippen LogP contribution in [0.3, 0.4) is 0 Å². The highest BCUT2D eigenvalue weighted by molar-refractivity contribution is 6.37. The van der Waals surface area contributed by atoms with Gasteiger partial charge in [0.15, 0.2) is 12.4 Å². The van der Waals surface area contributed by atoms with E-state index in [1.165, 1.54) is 12.1 Å². The van der Waals surface area contributed by atoms with Crippen LogP contribution < -0.4 is 4.74 Å². The molecule has 0 atom stereocenters. The molecule has 0 aromatic heterocycles. The highest BCUT2D eigenvalue weighted by atomic mass is 35.5. The van der Waals surface area contributed by atoms with E-state index in [-0.39, 0.29) is 40.5 Å². The molecule has 1 rings (SSSR count). The van der Waals surface area contributed by atoms with Gasteiger partial charge < -0.3 is 23.8 Å². The topological polar surface area (TPSA) is 74.3 Å². The van der Waals surface area contributed by atoms with Crippen LogP contribution in [0.4, 0.5) is 0 Å². The smallest absolute Gasteiger partial charge is 0.338 e. The number of carbonyl (C=O) groups excluding carboxylic acids is 2. The zero-order valence-corrected chi connectivity index (χ0v) is 16.6. The van der Waals surface area contributed by atoms with Crippen LogP contribution in [0, 0.1) is 0 Å². The molecule has 0 spiro atoms. The van der Waals surface area contributed by atoms with Crippen molar-refractivity contribution in [2.45, 2.75) is 6.92 Å². The van der Waals surface area contributed by atoms with Crippen molar-refractivity contribution in [3.05, 3.63) is 27.7 Å². The van der Waals surface area contributed by atoms with Crippen LogP contribution in [-0.2, 0) is 19.0 Å². The Morgan fingerprint density at radius 3 is 2.04 bits per heavy atom. The molecule has 0 N–H and O–H groups in total. The van der Waals surface area contributed by atoms with Gasteiger partial charge in [-0.05, 0) is 19.1 Å². The number of carbonyl (C=O) groups is 2.